The number of benzene rings is 2. The number of hydrogen-bond donors (Lipinski definition) is 1. The maximum Gasteiger partial charge on any atom is 0.222 e. The van der Waals surface area contributed by atoms with Crippen molar-refractivity contribution in [3.63, 3.8) is 0 Å². The van der Waals surface area contributed by atoms with Crippen LogP contribution in [0.2, 0.25) is 5.02 Å². The largest absolute Gasteiger partial charge is 0.496 e. The third kappa shape index (κ3) is 6.08. The molecule has 0 fully saturated rings. The molecule has 1 N–H and O–H groups in total. The summed E-state index contributed by atoms with van der Waals surface area (Å²) in [5.74, 6) is 0.552. The zero-order chi connectivity index (χ0) is 18.9. The van der Waals surface area contributed by atoms with Crippen LogP contribution in [-0.2, 0) is 22.7 Å². The van der Waals surface area contributed by atoms with E-state index < -0.39 is 0 Å². The third-order valence-corrected chi connectivity index (χ3v) is 4.26. The molecule has 0 aromatic heterocycles. The molecule has 2 aromatic carbocycles. The van der Waals surface area contributed by atoms with E-state index in [1.54, 1.807) is 24.1 Å². The van der Waals surface area contributed by atoms with E-state index in [9.17, 15) is 9.59 Å². The molecule has 0 unspecified atom stereocenters. The smallest absolute Gasteiger partial charge is 0.222 e. The zero-order valence-corrected chi connectivity index (χ0v) is 15.8. The van der Waals surface area contributed by atoms with E-state index in [-0.39, 0.29) is 18.2 Å². The highest BCUT2D eigenvalue weighted by atomic mass is 35.5. The number of rotatable bonds is 8. The van der Waals surface area contributed by atoms with Crippen molar-refractivity contribution in [2.24, 2.45) is 0 Å². The Bertz CT molecular complexity index is 747. The van der Waals surface area contributed by atoms with Gasteiger partial charge in [-0.3, -0.25) is 9.59 Å². The number of carbonyl (C=O) groups excluding carboxylic acids is 2. The molecule has 2 rings (SSSR count). The Morgan fingerprint density at radius 1 is 1.12 bits per heavy atom. The van der Waals surface area contributed by atoms with Gasteiger partial charge < -0.3 is 15.0 Å². The first-order valence-electron chi connectivity index (χ1n) is 8.38. The van der Waals surface area contributed by atoms with Gasteiger partial charge in [-0.05, 0) is 23.8 Å². The highest BCUT2D eigenvalue weighted by Crippen LogP contribution is 2.16. The summed E-state index contributed by atoms with van der Waals surface area (Å²) in [6, 6.07) is 14.9. The lowest BCUT2D eigenvalue weighted by molar-refractivity contribution is -0.130. The van der Waals surface area contributed by atoms with Crippen LogP contribution in [0.1, 0.15) is 24.5 Å². The van der Waals surface area contributed by atoms with E-state index in [4.69, 9.17) is 16.3 Å². The summed E-state index contributed by atoms with van der Waals surface area (Å²) in [6.07, 6.45) is 0.238. The van der Waals surface area contributed by atoms with E-state index in [1.165, 1.54) is 6.92 Å². The lowest BCUT2D eigenvalue weighted by Crippen LogP contribution is -2.33. The highest BCUT2D eigenvalue weighted by molar-refractivity contribution is 6.30. The van der Waals surface area contributed by atoms with Crippen molar-refractivity contribution in [1.82, 2.24) is 10.2 Å². The average molecular weight is 375 g/mol. The maximum atomic E-state index is 12.1. The van der Waals surface area contributed by atoms with Crippen LogP contribution in [0.15, 0.2) is 48.5 Å². The minimum absolute atomic E-state index is 0.0718. The van der Waals surface area contributed by atoms with Gasteiger partial charge in [-0.25, -0.2) is 0 Å². The first kappa shape index (κ1) is 19.8. The molecule has 2 aromatic rings. The Kier molecular flexibility index (Phi) is 7.48. The summed E-state index contributed by atoms with van der Waals surface area (Å²) in [6.45, 7) is 2.70. The third-order valence-electron chi connectivity index (χ3n) is 4.01. The van der Waals surface area contributed by atoms with Crippen molar-refractivity contribution in [2.75, 3.05) is 13.7 Å². The molecule has 0 saturated heterocycles. The van der Waals surface area contributed by atoms with Gasteiger partial charge in [-0.1, -0.05) is 41.9 Å². The predicted octanol–water partition coefficient (Wildman–Crippen LogP) is 3.40. The highest BCUT2D eigenvalue weighted by Gasteiger charge is 2.12. The number of amides is 2. The number of nitrogens with zero attached hydrogens (tertiary/aromatic N) is 1. The van der Waals surface area contributed by atoms with Gasteiger partial charge in [-0.15, -0.1) is 0 Å². The number of hydrogen-bond acceptors (Lipinski definition) is 3. The second kappa shape index (κ2) is 9.82. The van der Waals surface area contributed by atoms with Crippen LogP contribution in [0, 0.1) is 0 Å². The molecule has 0 aliphatic rings. The van der Waals surface area contributed by atoms with Gasteiger partial charge in [0.25, 0.3) is 0 Å². The molecule has 0 bridgehead atoms. The van der Waals surface area contributed by atoms with Crippen molar-refractivity contribution < 1.29 is 14.3 Å². The quantitative estimate of drug-likeness (QED) is 0.770. The number of para-hydroxylation sites is 1. The Balaban J connectivity index is 1.85. The second-order valence-electron chi connectivity index (χ2n) is 5.91. The summed E-state index contributed by atoms with van der Waals surface area (Å²) in [4.78, 5) is 25.6. The van der Waals surface area contributed by atoms with E-state index >= 15 is 0 Å². The van der Waals surface area contributed by atoms with Crippen LogP contribution < -0.4 is 10.1 Å². The standard InChI is InChI=1S/C20H23ClN2O3/c1-15(24)23(14-16-7-9-18(21)10-8-16)12-11-20(25)22-13-17-5-3-4-6-19(17)26-2/h3-10H,11-14H2,1-2H3,(H,22,25). The van der Waals surface area contributed by atoms with Crippen molar-refractivity contribution in [1.29, 1.82) is 0 Å². The maximum absolute atomic E-state index is 12.1. The van der Waals surface area contributed by atoms with E-state index in [2.05, 4.69) is 5.32 Å². The van der Waals surface area contributed by atoms with Crippen molar-refractivity contribution in [3.8, 4) is 5.75 Å². The average Bonchev–Trinajstić information content (AvgIpc) is 2.64. The molecule has 0 spiro atoms. The second-order valence-corrected chi connectivity index (χ2v) is 6.34. The fraction of sp³-hybridized carbons (Fsp3) is 0.300. The SMILES string of the molecule is COc1ccccc1CNC(=O)CCN(Cc1ccc(Cl)cc1)C(C)=O. The van der Waals surface area contributed by atoms with Crippen molar-refractivity contribution in [3.05, 3.63) is 64.7 Å². The lowest BCUT2D eigenvalue weighted by atomic mass is 10.2. The molecule has 0 aliphatic heterocycles. The van der Waals surface area contributed by atoms with Crippen LogP contribution >= 0.6 is 11.6 Å². The van der Waals surface area contributed by atoms with Crippen molar-refractivity contribution >= 4 is 23.4 Å². The van der Waals surface area contributed by atoms with Gasteiger partial charge in [0.05, 0.1) is 7.11 Å². The van der Waals surface area contributed by atoms with Gasteiger partial charge in [0.1, 0.15) is 5.75 Å². The Hall–Kier alpha value is -2.53. The van der Waals surface area contributed by atoms with Crippen LogP contribution in [0.5, 0.6) is 5.75 Å². The summed E-state index contributed by atoms with van der Waals surface area (Å²) in [7, 11) is 1.60. The number of ether oxygens (including phenoxy) is 1. The van der Waals surface area contributed by atoms with Crippen LogP contribution in [-0.4, -0.2) is 30.4 Å². The molecule has 0 saturated carbocycles. The van der Waals surface area contributed by atoms with E-state index in [0.717, 1.165) is 16.9 Å². The van der Waals surface area contributed by atoms with Gasteiger partial charge in [0.15, 0.2) is 0 Å². The molecule has 0 heterocycles. The van der Waals surface area contributed by atoms with Crippen LogP contribution in [0.25, 0.3) is 0 Å². The number of halogens is 1. The van der Waals surface area contributed by atoms with Gasteiger partial charge >= 0.3 is 0 Å². The molecule has 26 heavy (non-hydrogen) atoms. The summed E-state index contributed by atoms with van der Waals surface area (Å²) in [5.41, 5.74) is 1.88. The first-order valence-corrected chi connectivity index (χ1v) is 8.76. The predicted molar refractivity (Wildman–Crippen MR) is 102 cm³/mol. The van der Waals surface area contributed by atoms with Gasteiger partial charge in [-0.2, -0.15) is 0 Å². The number of carbonyl (C=O) groups is 2. The van der Waals surface area contributed by atoms with E-state index in [0.29, 0.717) is 24.7 Å². The Morgan fingerprint density at radius 3 is 2.46 bits per heavy atom. The summed E-state index contributed by atoms with van der Waals surface area (Å²) >= 11 is 5.88. The summed E-state index contributed by atoms with van der Waals surface area (Å²) < 4.78 is 5.27. The normalized spacial score (nSPS) is 10.3. The van der Waals surface area contributed by atoms with Crippen LogP contribution in [0.3, 0.4) is 0 Å². The first-order chi connectivity index (χ1) is 12.5. The molecule has 0 radical (unpaired) electrons. The van der Waals surface area contributed by atoms with Gasteiger partial charge in [0, 0.05) is 43.6 Å². The molecule has 2 amide bonds. The molecular weight excluding hydrogens is 352 g/mol. The Labute approximate surface area is 158 Å². The molecule has 5 nitrogen and oxygen atoms in total. The number of methoxy groups -OCH3 is 1. The Morgan fingerprint density at radius 2 is 1.81 bits per heavy atom. The summed E-state index contributed by atoms with van der Waals surface area (Å²) in [5, 5.41) is 3.52. The van der Waals surface area contributed by atoms with Crippen molar-refractivity contribution in [2.45, 2.75) is 26.4 Å². The molecule has 0 atom stereocenters. The van der Waals surface area contributed by atoms with Gasteiger partial charge in [0.2, 0.25) is 11.8 Å². The molecule has 138 valence electrons. The fourth-order valence-corrected chi connectivity index (χ4v) is 2.65. The molecule has 0 aliphatic carbocycles. The number of nitrogens with one attached hydrogen (secondary N) is 1. The minimum Gasteiger partial charge on any atom is -0.496 e. The lowest BCUT2D eigenvalue weighted by Gasteiger charge is -2.21. The monoisotopic (exact) mass is 374 g/mol. The van der Waals surface area contributed by atoms with E-state index in [1.807, 2.05) is 36.4 Å². The molecule has 6 heteroatoms. The fourth-order valence-electron chi connectivity index (χ4n) is 2.53. The minimum atomic E-state index is -0.113. The topological polar surface area (TPSA) is 58.6 Å². The molecular formula is C20H23ClN2O3. The van der Waals surface area contributed by atoms with Crippen LogP contribution in [0.4, 0.5) is 0 Å². The zero-order valence-electron chi connectivity index (χ0n) is 15.0.